The van der Waals surface area contributed by atoms with E-state index in [0.717, 1.165) is 10.0 Å². The van der Waals surface area contributed by atoms with Crippen LogP contribution in [0.25, 0.3) is 0 Å². The number of imide groups is 1. The zero-order valence-electron chi connectivity index (χ0n) is 10.8. The largest absolute Gasteiger partial charge is 0.367 e. The van der Waals surface area contributed by atoms with Gasteiger partial charge in [0.1, 0.15) is 0 Å². The van der Waals surface area contributed by atoms with Crippen LogP contribution in [0.1, 0.15) is 0 Å². The topological polar surface area (TPSA) is 107 Å². The van der Waals surface area contributed by atoms with Crippen LogP contribution < -0.4 is 10.6 Å². The van der Waals surface area contributed by atoms with Crippen molar-refractivity contribution in [2.75, 3.05) is 33.2 Å². The van der Waals surface area contributed by atoms with Gasteiger partial charge in [0.25, 0.3) is 5.91 Å². The summed E-state index contributed by atoms with van der Waals surface area (Å²) >= 11 is 0. The molecule has 0 aromatic rings. The van der Waals surface area contributed by atoms with E-state index in [1.807, 2.05) is 0 Å². The number of hydrazine groups is 1. The van der Waals surface area contributed by atoms with Crippen molar-refractivity contribution in [2.24, 2.45) is 0 Å². The third kappa shape index (κ3) is 1.64. The van der Waals surface area contributed by atoms with Crippen LogP contribution in [0, 0.1) is 0 Å². The molecule has 1 unspecified atom stereocenters. The summed E-state index contributed by atoms with van der Waals surface area (Å²) in [5.41, 5.74) is 0. The number of nitrogens with one attached hydrogen (secondary N) is 1. The molecule has 1 atom stereocenters. The molecule has 0 aromatic carbocycles. The molecule has 20 heavy (non-hydrogen) atoms. The van der Waals surface area contributed by atoms with Crippen LogP contribution in [0.2, 0.25) is 0 Å². The van der Waals surface area contributed by atoms with Gasteiger partial charge in [0, 0.05) is 26.7 Å². The van der Waals surface area contributed by atoms with E-state index in [9.17, 15) is 19.2 Å². The van der Waals surface area contributed by atoms with Crippen molar-refractivity contribution in [3.05, 3.63) is 0 Å². The van der Waals surface area contributed by atoms with Gasteiger partial charge in [-0.1, -0.05) is 0 Å². The molecule has 3 aliphatic rings. The molecule has 0 spiro atoms. The molecule has 1 N–H and O–H groups in total. The molecular weight excluding hydrogens is 268 g/mol. The second-order valence-electron chi connectivity index (χ2n) is 4.69. The zero-order chi connectivity index (χ0) is 14.4. The smallest absolute Gasteiger partial charge is 0.336 e. The van der Waals surface area contributed by atoms with Crippen molar-refractivity contribution < 1.29 is 19.2 Å². The molecule has 1 radical (unpaired) electrons. The molecule has 10 heteroatoms. The minimum absolute atomic E-state index is 0.237. The number of hydrogen-bond acceptors (Lipinski definition) is 4. The van der Waals surface area contributed by atoms with Gasteiger partial charge in [-0.2, -0.15) is 10.3 Å². The summed E-state index contributed by atoms with van der Waals surface area (Å²) in [5.74, 6) is -0.671. The molecule has 0 saturated carbocycles. The number of amides is 7. The third-order valence-electron chi connectivity index (χ3n) is 3.46. The lowest BCUT2D eigenvalue weighted by molar-refractivity contribution is -0.138. The Bertz CT molecular complexity index is 508. The van der Waals surface area contributed by atoms with E-state index in [-0.39, 0.29) is 6.54 Å². The molecule has 3 aliphatic heterocycles. The van der Waals surface area contributed by atoms with Gasteiger partial charge in [-0.05, 0) is 0 Å². The maximum atomic E-state index is 12.3. The summed E-state index contributed by atoms with van der Waals surface area (Å²) < 4.78 is 0. The predicted octanol–water partition coefficient (Wildman–Crippen LogP) is -1.81. The first kappa shape index (κ1) is 12.5. The summed E-state index contributed by atoms with van der Waals surface area (Å²) in [7, 11) is 1.58. The fourth-order valence-corrected chi connectivity index (χ4v) is 2.38. The SMILES string of the molecule is CN1CCN(N2C(=O)[N]C(N3CCNC3=O)C2=O)C1=O. The number of carbonyl (C=O) groups is 4. The van der Waals surface area contributed by atoms with E-state index >= 15 is 0 Å². The quantitative estimate of drug-likeness (QED) is 0.602. The van der Waals surface area contributed by atoms with Crippen LogP contribution in [-0.4, -0.2) is 83.2 Å². The highest BCUT2D eigenvalue weighted by atomic mass is 16.2. The normalized spacial score (nSPS) is 26.8. The average Bonchev–Trinajstić information content (AvgIpc) is 3.03. The maximum absolute atomic E-state index is 12.3. The first-order valence-corrected chi connectivity index (χ1v) is 6.16. The fraction of sp³-hybridized carbons (Fsp3) is 0.600. The van der Waals surface area contributed by atoms with Crippen molar-refractivity contribution >= 4 is 24.0 Å². The van der Waals surface area contributed by atoms with Crippen LogP contribution in [0.15, 0.2) is 0 Å². The lowest BCUT2D eigenvalue weighted by atomic mass is 10.4. The van der Waals surface area contributed by atoms with Crippen molar-refractivity contribution in [2.45, 2.75) is 6.17 Å². The monoisotopic (exact) mass is 281 g/mol. The summed E-state index contributed by atoms with van der Waals surface area (Å²) in [5, 5.41) is 8.00. The summed E-state index contributed by atoms with van der Waals surface area (Å²) in [6.45, 7) is 1.36. The number of likely N-dealkylation sites (N-methyl/N-ethyl adjacent to an activating group) is 1. The second kappa shape index (κ2) is 4.25. The highest BCUT2D eigenvalue weighted by Crippen LogP contribution is 2.19. The molecule has 3 saturated heterocycles. The van der Waals surface area contributed by atoms with E-state index in [4.69, 9.17) is 0 Å². The second-order valence-corrected chi connectivity index (χ2v) is 4.69. The van der Waals surface area contributed by atoms with Gasteiger partial charge in [0.2, 0.25) is 6.17 Å². The Labute approximate surface area is 114 Å². The Hall–Kier alpha value is -2.52. The molecule has 107 valence electrons. The van der Waals surface area contributed by atoms with Gasteiger partial charge in [-0.3, -0.25) is 9.69 Å². The van der Waals surface area contributed by atoms with Gasteiger partial charge >= 0.3 is 18.1 Å². The predicted molar refractivity (Wildman–Crippen MR) is 63.0 cm³/mol. The lowest BCUT2D eigenvalue weighted by Gasteiger charge is -2.24. The number of nitrogens with zero attached hydrogens (tertiary/aromatic N) is 5. The summed E-state index contributed by atoms with van der Waals surface area (Å²) in [6, 6.07) is -1.69. The average molecular weight is 281 g/mol. The van der Waals surface area contributed by atoms with Gasteiger partial charge in [0.15, 0.2) is 0 Å². The summed E-state index contributed by atoms with van der Waals surface area (Å²) in [6.07, 6.45) is -1.18. The third-order valence-corrected chi connectivity index (χ3v) is 3.46. The van der Waals surface area contributed by atoms with Gasteiger partial charge in [-0.15, -0.1) is 0 Å². The van der Waals surface area contributed by atoms with Crippen LogP contribution in [0.3, 0.4) is 0 Å². The zero-order valence-corrected chi connectivity index (χ0v) is 10.8. The van der Waals surface area contributed by atoms with Crippen LogP contribution in [-0.2, 0) is 4.79 Å². The number of hydrogen-bond donors (Lipinski definition) is 1. The van der Waals surface area contributed by atoms with Crippen molar-refractivity contribution in [1.29, 1.82) is 0 Å². The Kier molecular flexibility index (Phi) is 2.66. The molecule has 0 bridgehead atoms. The Morgan fingerprint density at radius 2 is 1.90 bits per heavy atom. The molecule has 7 amide bonds. The highest BCUT2D eigenvalue weighted by molar-refractivity contribution is 6.06. The van der Waals surface area contributed by atoms with E-state index in [1.54, 1.807) is 7.05 Å². The van der Waals surface area contributed by atoms with Crippen LogP contribution in [0.4, 0.5) is 14.4 Å². The van der Waals surface area contributed by atoms with Crippen molar-refractivity contribution in [1.82, 2.24) is 30.5 Å². The number of carbonyl (C=O) groups excluding carboxylic acids is 4. The molecule has 0 aromatic heterocycles. The lowest BCUT2D eigenvalue weighted by Crippen LogP contribution is -2.51. The Morgan fingerprint density at radius 3 is 2.45 bits per heavy atom. The molecule has 3 fully saturated rings. The van der Waals surface area contributed by atoms with E-state index in [1.165, 1.54) is 9.80 Å². The molecule has 0 aliphatic carbocycles. The van der Waals surface area contributed by atoms with Crippen molar-refractivity contribution in [3.63, 3.8) is 0 Å². The summed E-state index contributed by atoms with van der Waals surface area (Å²) in [4.78, 5) is 50.1. The van der Waals surface area contributed by atoms with Crippen molar-refractivity contribution in [3.8, 4) is 0 Å². The van der Waals surface area contributed by atoms with E-state index in [2.05, 4.69) is 10.6 Å². The molecule has 10 nitrogen and oxygen atoms in total. The number of urea groups is 3. The van der Waals surface area contributed by atoms with E-state index < -0.39 is 30.2 Å². The molecule has 3 rings (SSSR count). The minimum Gasteiger partial charge on any atom is -0.336 e. The first-order chi connectivity index (χ1) is 9.50. The molecule has 3 heterocycles. The highest BCUT2D eigenvalue weighted by Gasteiger charge is 2.51. The van der Waals surface area contributed by atoms with Crippen LogP contribution >= 0.6 is 0 Å². The minimum atomic E-state index is -1.18. The Morgan fingerprint density at radius 1 is 1.15 bits per heavy atom. The van der Waals surface area contributed by atoms with E-state index in [0.29, 0.717) is 19.6 Å². The number of rotatable bonds is 2. The standard InChI is InChI=1S/C10H13N6O4/c1-13-4-5-15(10(13)20)16-7(17)6(12-9(16)19)14-3-2-11-8(14)18/h6H,2-5H2,1H3,(H,11,18). The fourth-order valence-electron chi connectivity index (χ4n) is 2.38. The van der Waals surface area contributed by atoms with Crippen LogP contribution in [0.5, 0.6) is 0 Å². The van der Waals surface area contributed by atoms with Gasteiger partial charge < -0.3 is 10.2 Å². The van der Waals surface area contributed by atoms with Gasteiger partial charge in [-0.25, -0.2) is 19.4 Å². The first-order valence-electron chi connectivity index (χ1n) is 6.16. The Balaban J connectivity index is 1.80. The van der Waals surface area contributed by atoms with Gasteiger partial charge in [0.05, 0.1) is 6.54 Å². The molecular formula is C10H13N6O4. The maximum Gasteiger partial charge on any atom is 0.367 e.